The molecule has 2 amide bonds. The Balaban J connectivity index is 1.13. The van der Waals surface area contributed by atoms with Gasteiger partial charge in [-0.05, 0) is 19.3 Å². The number of hydrogen-bond donors (Lipinski definition) is 2. The van der Waals surface area contributed by atoms with Crippen molar-refractivity contribution in [1.29, 1.82) is 0 Å². The summed E-state index contributed by atoms with van der Waals surface area (Å²) in [5.41, 5.74) is 1.47. The van der Waals surface area contributed by atoms with Crippen LogP contribution in [0.2, 0.25) is 0 Å². The van der Waals surface area contributed by atoms with Gasteiger partial charge in [-0.3, -0.25) is 9.59 Å². The van der Waals surface area contributed by atoms with Gasteiger partial charge < -0.3 is 20.4 Å². The second kappa shape index (κ2) is 12.6. The molecule has 0 saturated heterocycles. The van der Waals surface area contributed by atoms with Crippen molar-refractivity contribution in [3.8, 4) is 0 Å². The third-order valence-electron chi connectivity index (χ3n) is 6.27. The van der Waals surface area contributed by atoms with Crippen LogP contribution >= 0.6 is 45.3 Å². The largest absolute Gasteiger partial charge is 0.354 e. The second-order valence-corrected chi connectivity index (χ2v) is 13.6. The van der Waals surface area contributed by atoms with E-state index in [1.807, 2.05) is 48.8 Å². The predicted molar refractivity (Wildman–Crippen MR) is 161 cm³/mol. The van der Waals surface area contributed by atoms with E-state index in [1.54, 1.807) is 0 Å². The maximum absolute atomic E-state index is 12.5. The summed E-state index contributed by atoms with van der Waals surface area (Å²) in [6, 6.07) is 0. The van der Waals surface area contributed by atoms with E-state index in [0.717, 1.165) is 57.3 Å². The standard InChI is InChI=1S/C24H30N10O2S4/c1-33(2)23-25-15(11-37-23)9-17(35)27-21-31-29-19(39-21)13-6-5-7-14(8-13)20-30-32-22(40-20)28-18(36)10-16-12-38-24(26-16)34(3)4/h11-14H,5-10H2,1-4H3,(H,27,31,35)(H,28,32,36)/t13-,14-/m0/s1. The molecular weight excluding hydrogens is 589 g/mol. The molecule has 4 heterocycles. The van der Waals surface area contributed by atoms with Crippen LogP contribution in [0.15, 0.2) is 10.8 Å². The smallest absolute Gasteiger partial charge is 0.232 e. The maximum atomic E-state index is 12.5. The maximum Gasteiger partial charge on any atom is 0.232 e. The zero-order valence-electron chi connectivity index (χ0n) is 22.6. The third-order valence-corrected chi connectivity index (χ3v) is 10.4. The van der Waals surface area contributed by atoms with Crippen molar-refractivity contribution in [3.63, 3.8) is 0 Å². The SMILES string of the molecule is CN(C)c1nc(CC(=O)Nc2nnc([C@H]3CCC[C@H](c4nnc(NC(=O)Cc5csc(N(C)C)n5)s4)C3)s2)cs1. The Morgan fingerprint density at radius 2 is 1.23 bits per heavy atom. The van der Waals surface area contributed by atoms with E-state index in [1.165, 1.54) is 45.3 Å². The van der Waals surface area contributed by atoms with Gasteiger partial charge in [0.15, 0.2) is 10.3 Å². The first-order chi connectivity index (χ1) is 19.2. The second-order valence-electron chi connectivity index (χ2n) is 9.93. The number of amides is 2. The molecule has 5 rings (SSSR count). The first kappa shape index (κ1) is 28.4. The number of thiazole rings is 2. The predicted octanol–water partition coefficient (Wildman–Crippen LogP) is 4.24. The average molecular weight is 619 g/mol. The van der Waals surface area contributed by atoms with Gasteiger partial charge in [-0.15, -0.1) is 43.1 Å². The van der Waals surface area contributed by atoms with E-state index in [9.17, 15) is 9.59 Å². The fraction of sp³-hybridized carbons (Fsp3) is 0.500. The van der Waals surface area contributed by atoms with E-state index >= 15 is 0 Å². The molecule has 1 fully saturated rings. The number of nitrogens with zero attached hydrogens (tertiary/aromatic N) is 8. The van der Waals surface area contributed by atoms with E-state index in [4.69, 9.17) is 0 Å². The Labute approximate surface area is 247 Å². The number of rotatable bonds is 10. The van der Waals surface area contributed by atoms with E-state index in [2.05, 4.69) is 41.0 Å². The van der Waals surface area contributed by atoms with E-state index < -0.39 is 0 Å². The van der Waals surface area contributed by atoms with Gasteiger partial charge in [-0.1, -0.05) is 29.1 Å². The molecule has 0 bridgehead atoms. The van der Waals surface area contributed by atoms with Crippen LogP contribution in [0.25, 0.3) is 0 Å². The quantitative estimate of drug-likeness (QED) is 0.265. The number of nitrogens with one attached hydrogen (secondary N) is 2. The van der Waals surface area contributed by atoms with E-state index in [-0.39, 0.29) is 36.5 Å². The van der Waals surface area contributed by atoms with Crippen LogP contribution in [-0.2, 0) is 22.4 Å². The molecule has 12 nitrogen and oxygen atoms in total. The molecule has 4 aromatic rings. The highest BCUT2D eigenvalue weighted by Crippen LogP contribution is 2.43. The summed E-state index contributed by atoms with van der Waals surface area (Å²) in [7, 11) is 7.70. The molecule has 1 saturated carbocycles. The minimum atomic E-state index is -0.156. The molecule has 40 heavy (non-hydrogen) atoms. The highest BCUT2D eigenvalue weighted by atomic mass is 32.1. The topological polar surface area (TPSA) is 142 Å². The number of hydrogen-bond acceptors (Lipinski definition) is 14. The number of aromatic nitrogens is 6. The zero-order valence-corrected chi connectivity index (χ0v) is 25.8. The fourth-order valence-corrected chi connectivity index (χ4v) is 7.69. The molecule has 16 heteroatoms. The van der Waals surface area contributed by atoms with Crippen molar-refractivity contribution < 1.29 is 9.59 Å². The van der Waals surface area contributed by atoms with Gasteiger partial charge in [0.2, 0.25) is 22.1 Å². The van der Waals surface area contributed by atoms with E-state index in [0.29, 0.717) is 10.3 Å². The van der Waals surface area contributed by atoms with Crippen LogP contribution in [0.5, 0.6) is 0 Å². The number of carbonyl (C=O) groups is 2. The zero-order chi connectivity index (χ0) is 28.2. The summed E-state index contributed by atoms with van der Waals surface area (Å²) in [4.78, 5) is 37.8. The van der Waals surface area contributed by atoms with Crippen LogP contribution in [0, 0.1) is 0 Å². The van der Waals surface area contributed by atoms with Gasteiger partial charge in [0.05, 0.1) is 24.2 Å². The molecule has 0 unspecified atom stereocenters. The highest BCUT2D eigenvalue weighted by molar-refractivity contribution is 7.16. The third kappa shape index (κ3) is 7.16. The van der Waals surface area contributed by atoms with Crippen molar-refractivity contribution in [2.24, 2.45) is 0 Å². The Kier molecular flexibility index (Phi) is 8.97. The Morgan fingerprint density at radius 1 is 0.775 bits per heavy atom. The van der Waals surface area contributed by atoms with Crippen LogP contribution in [0.3, 0.4) is 0 Å². The summed E-state index contributed by atoms with van der Waals surface area (Å²) in [5.74, 6) is 0.161. The molecule has 0 spiro atoms. The van der Waals surface area contributed by atoms with Gasteiger partial charge in [-0.2, -0.15) is 0 Å². The number of carbonyl (C=O) groups excluding carboxylic acids is 2. The fourth-order valence-electron chi connectivity index (χ4n) is 4.36. The normalized spacial score (nSPS) is 17.0. The van der Waals surface area contributed by atoms with Gasteiger partial charge in [0.25, 0.3) is 0 Å². The van der Waals surface area contributed by atoms with Gasteiger partial charge in [0.1, 0.15) is 10.0 Å². The molecule has 0 aromatic carbocycles. The summed E-state index contributed by atoms with van der Waals surface area (Å²) < 4.78 is 0. The molecular formula is C24H30N10O2S4. The molecule has 1 aliphatic carbocycles. The molecule has 2 atom stereocenters. The Morgan fingerprint density at radius 3 is 1.62 bits per heavy atom. The van der Waals surface area contributed by atoms with Crippen molar-refractivity contribution in [1.82, 2.24) is 30.4 Å². The minimum Gasteiger partial charge on any atom is -0.354 e. The minimum absolute atomic E-state index is 0.156. The van der Waals surface area contributed by atoms with Gasteiger partial charge in [-0.25, -0.2) is 9.97 Å². The Bertz CT molecular complexity index is 1350. The lowest BCUT2D eigenvalue weighted by atomic mass is 9.82. The van der Waals surface area contributed by atoms with Crippen LogP contribution in [0.1, 0.15) is 58.9 Å². The van der Waals surface area contributed by atoms with Crippen LogP contribution < -0.4 is 20.4 Å². The molecule has 4 aromatic heterocycles. The first-order valence-electron chi connectivity index (χ1n) is 12.7. The van der Waals surface area contributed by atoms with Crippen molar-refractivity contribution >= 4 is 77.7 Å². The lowest BCUT2D eigenvalue weighted by molar-refractivity contribution is -0.116. The number of anilines is 4. The molecule has 212 valence electrons. The summed E-state index contributed by atoms with van der Waals surface area (Å²) >= 11 is 5.87. The summed E-state index contributed by atoms with van der Waals surface area (Å²) in [6.45, 7) is 0. The molecule has 0 radical (unpaired) electrons. The van der Waals surface area contributed by atoms with Crippen molar-refractivity contribution in [2.45, 2.75) is 50.4 Å². The van der Waals surface area contributed by atoms with Crippen molar-refractivity contribution in [2.75, 3.05) is 48.6 Å². The van der Waals surface area contributed by atoms with Crippen LogP contribution in [0.4, 0.5) is 20.5 Å². The molecule has 2 N–H and O–H groups in total. The summed E-state index contributed by atoms with van der Waals surface area (Å²) in [6.07, 6.45) is 4.33. The highest BCUT2D eigenvalue weighted by Gasteiger charge is 2.29. The summed E-state index contributed by atoms with van der Waals surface area (Å²) in [5, 5.41) is 31.3. The lowest BCUT2D eigenvalue weighted by Gasteiger charge is -2.25. The average Bonchev–Trinajstić information content (AvgIpc) is 3.72. The van der Waals surface area contributed by atoms with Crippen LogP contribution in [-0.4, -0.2) is 70.4 Å². The lowest BCUT2D eigenvalue weighted by Crippen LogP contribution is -2.15. The monoisotopic (exact) mass is 618 g/mol. The Hall–Kier alpha value is -3.08. The van der Waals surface area contributed by atoms with Crippen molar-refractivity contribution in [3.05, 3.63) is 32.2 Å². The first-order valence-corrected chi connectivity index (χ1v) is 16.1. The molecule has 0 aliphatic heterocycles. The van der Waals surface area contributed by atoms with Gasteiger partial charge >= 0.3 is 0 Å². The molecule has 1 aliphatic rings. The van der Waals surface area contributed by atoms with Gasteiger partial charge in [0, 0.05) is 50.8 Å².